The highest BCUT2D eigenvalue weighted by molar-refractivity contribution is 7.89. The quantitative estimate of drug-likeness (QED) is 0.798. The first-order valence-electron chi connectivity index (χ1n) is 8.94. The van der Waals surface area contributed by atoms with Crippen LogP contribution in [0.3, 0.4) is 0 Å². The van der Waals surface area contributed by atoms with Crippen molar-refractivity contribution >= 4 is 10.0 Å². The van der Waals surface area contributed by atoms with Crippen LogP contribution in [0.1, 0.15) is 32.6 Å². The maximum absolute atomic E-state index is 13.1. The third kappa shape index (κ3) is 3.78. The molecule has 7 heteroatoms. The molecule has 140 valence electrons. The molecule has 1 heterocycles. The van der Waals surface area contributed by atoms with Crippen LogP contribution in [-0.4, -0.2) is 63.6 Å². The van der Waals surface area contributed by atoms with Crippen LogP contribution in [0.15, 0.2) is 23.1 Å². The smallest absolute Gasteiger partial charge is 0.243 e. The van der Waals surface area contributed by atoms with Crippen LogP contribution in [0.4, 0.5) is 0 Å². The van der Waals surface area contributed by atoms with E-state index in [0.29, 0.717) is 30.6 Å². The molecular weight excluding hydrogens is 340 g/mol. The predicted molar refractivity (Wildman–Crippen MR) is 96.7 cm³/mol. The molecule has 1 aromatic rings. The molecule has 2 fully saturated rings. The van der Waals surface area contributed by atoms with E-state index >= 15 is 0 Å². The summed E-state index contributed by atoms with van der Waals surface area (Å²) < 4.78 is 38.2. The van der Waals surface area contributed by atoms with Crippen molar-refractivity contribution in [1.29, 1.82) is 0 Å². The lowest BCUT2D eigenvalue weighted by Crippen LogP contribution is -2.56. The lowest BCUT2D eigenvalue weighted by atomic mass is 10.1. The van der Waals surface area contributed by atoms with Crippen molar-refractivity contribution < 1.29 is 17.9 Å². The first kappa shape index (κ1) is 18.5. The molecule has 0 radical (unpaired) electrons. The van der Waals surface area contributed by atoms with E-state index in [1.54, 1.807) is 22.5 Å². The van der Waals surface area contributed by atoms with Crippen LogP contribution in [-0.2, 0) is 10.0 Å². The fourth-order valence-corrected chi connectivity index (χ4v) is 5.58. The summed E-state index contributed by atoms with van der Waals surface area (Å²) in [4.78, 5) is 2.72. The van der Waals surface area contributed by atoms with Gasteiger partial charge in [0.15, 0.2) is 0 Å². The van der Waals surface area contributed by atoms with Crippen molar-refractivity contribution in [1.82, 2.24) is 9.21 Å². The minimum absolute atomic E-state index is 0.227. The number of benzene rings is 1. The highest BCUT2D eigenvalue weighted by atomic mass is 32.2. The van der Waals surface area contributed by atoms with Gasteiger partial charge in [0.25, 0.3) is 0 Å². The zero-order valence-electron chi connectivity index (χ0n) is 15.3. The highest BCUT2D eigenvalue weighted by Gasteiger charge is 2.36. The Labute approximate surface area is 150 Å². The van der Waals surface area contributed by atoms with Crippen molar-refractivity contribution in [3.63, 3.8) is 0 Å². The third-order valence-corrected chi connectivity index (χ3v) is 7.24. The van der Waals surface area contributed by atoms with Crippen LogP contribution in [0.2, 0.25) is 0 Å². The van der Waals surface area contributed by atoms with E-state index in [-0.39, 0.29) is 10.9 Å². The first-order valence-corrected chi connectivity index (χ1v) is 10.4. The van der Waals surface area contributed by atoms with Gasteiger partial charge in [0.1, 0.15) is 11.5 Å². The monoisotopic (exact) mass is 368 g/mol. The maximum atomic E-state index is 13.1. The molecule has 0 N–H and O–H groups in total. The topological polar surface area (TPSA) is 59.1 Å². The number of methoxy groups -OCH3 is 2. The average Bonchev–Trinajstić information content (AvgIpc) is 3.15. The van der Waals surface area contributed by atoms with Gasteiger partial charge < -0.3 is 9.47 Å². The zero-order chi connectivity index (χ0) is 18.0. The fraction of sp³-hybridized carbons (Fsp3) is 0.667. The van der Waals surface area contributed by atoms with E-state index < -0.39 is 10.0 Å². The summed E-state index contributed by atoms with van der Waals surface area (Å²) in [6, 6.07) is 5.66. The van der Waals surface area contributed by atoms with Crippen molar-refractivity contribution in [2.45, 2.75) is 49.6 Å². The Kier molecular flexibility index (Phi) is 5.55. The number of ether oxygens (including phenoxy) is 2. The Morgan fingerprint density at radius 3 is 2.12 bits per heavy atom. The molecule has 1 atom stereocenters. The molecule has 1 aromatic carbocycles. The molecule has 1 aliphatic carbocycles. The second-order valence-corrected chi connectivity index (χ2v) is 8.87. The van der Waals surface area contributed by atoms with Crippen LogP contribution in [0.25, 0.3) is 0 Å². The average molecular weight is 368 g/mol. The standard InChI is InChI=1S/C18H28N2O4S/c1-14-13-19(8-9-20(14)15-6-4-5-7-15)25(21,22)18-11-16(23-2)10-17(12-18)24-3/h10-12,14-15H,4-9,13H2,1-3H3. The number of rotatable bonds is 5. The van der Waals surface area contributed by atoms with Crippen LogP contribution in [0.5, 0.6) is 11.5 Å². The van der Waals surface area contributed by atoms with E-state index in [2.05, 4.69) is 11.8 Å². The largest absolute Gasteiger partial charge is 0.497 e. The van der Waals surface area contributed by atoms with Crippen molar-refractivity contribution in [3.05, 3.63) is 18.2 Å². The number of hydrogen-bond donors (Lipinski definition) is 0. The molecule has 3 rings (SSSR count). The maximum Gasteiger partial charge on any atom is 0.243 e. The third-order valence-electron chi connectivity index (χ3n) is 5.40. The SMILES string of the molecule is COc1cc(OC)cc(S(=O)(=O)N2CCN(C3CCCC3)C(C)C2)c1. The Balaban J connectivity index is 1.79. The summed E-state index contributed by atoms with van der Waals surface area (Å²) in [5, 5.41) is 0. The molecule has 1 aliphatic heterocycles. The van der Waals surface area contributed by atoms with E-state index in [1.807, 2.05) is 0 Å². The van der Waals surface area contributed by atoms with Gasteiger partial charge in [0, 0.05) is 49.9 Å². The number of piperazine rings is 1. The summed E-state index contributed by atoms with van der Waals surface area (Å²) in [6.07, 6.45) is 5.06. The Bertz CT molecular complexity index is 679. The molecule has 1 saturated carbocycles. The molecule has 25 heavy (non-hydrogen) atoms. The van der Waals surface area contributed by atoms with Gasteiger partial charge in [-0.3, -0.25) is 4.90 Å². The van der Waals surface area contributed by atoms with Gasteiger partial charge in [-0.2, -0.15) is 4.31 Å². The summed E-state index contributed by atoms with van der Waals surface area (Å²) >= 11 is 0. The van der Waals surface area contributed by atoms with E-state index in [4.69, 9.17) is 9.47 Å². The fourth-order valence-electron chi connectivity index (χ4n) is 4.01. The molecule has 0 bridgehead atoms. The number of sulfonamides is 1. The van der Waals surface area contributed by atoms with Gasteiger partial charge in [-0.25, -0.2) is 8.42 Å². The van der Waals surface area contributed by atoms with E-state index in [9.17, 15) is 8.42 Å². The number of hydrogen-bond acceptors (Lipinski definition) is 5. The molecule has 1 saturated heterocycles. The minimum Gasteiger partial charge on any atom is -0.497 e. The van der Waals surface area contributed by atoms with Gasteiger partial charge in [0.05, 0.1) is 19.1 Å². The summed E-state index contributed by atoms with van der Waals surface area (Å²) in [7, 11) is -0.518. The van der Waals surface area contributed by atoms with E-state index in [1.165, 1.54) is 39.9 Å². The van der Waals surface area contributed by atoms with Crippen LogP contribution in [0, 0.1) is 0 Å². The summed E-state index contributed by atoms with van der Waals surface area (Å²) in [5.41, 5.74) is 0. The lowest BCUT2D eigenvalue weighted by Gasteiger charge is -2.42. The Morgan fingerprint density at radius 1 is 1.00 bits per heavy atom. The predicted octanol–water partition coefficient (Wildman–Crippen LogP) is 2.34. The molecule has 0 spiro atoms. The van der Waals surface area contributed by atoms with E-state index in [0.717, 1.165) is 6.54 Å². The van der Waals surface area contributed by atoms with Crippen molar-refractivity contribution in [3.8, 4) is 11.5 Å². The van der Waals surface area contributed by atoms with Gasteiger partial charge in [-0.1, -0.05) is 12.8 Å². The van der Waals surface area contributed by atoms with Crippen molar-refractivity contribution in [2.24, 2.45) is 0 Å². The molecular formula is C18H28N2O4S. The van der Waals surface area contributed by atoms with Gasteiger partial charge in [0.2, 0.25) is 10.0 Å². The molecule has 0 aromatic heterocycles. The molecule has 2 aliphatic rings. The zero-order valence-corrected chi connectivity index (χ0v) is 16.1. The molecule has 6 nitrogen and oxygen atoms in total. The second kappa shape index (κ2) is 7.51. The summed E-state index contributed by atoms with van der Waals surface area (Å²) in [5.74, 6) is 0.964. The van der Waals surface area contributed by atoms with Gasteiger partial charge in [-0.15, -0.1) is 0 Å². The lowest BCUT2D eigenvalue weighted by molar-refractivity contribution is 0.0853. The summed E-state index contributed by atoms with van der Waals surface area (Å²) in [6.45, 7) is 3.99. The van der Waals surface area contributed by atoms with Crippen LogP contribution < -0.4 is 9.47 Å². The normalized spacial score (nSPS) is 23.7. The minimum atomic E-state index is -3.56. The molecule has 1 unspecified atom stereocenters. The Morgan fingerprint density at radius 2 is 1.60 bits per heavy atom. The van der Waals surface area contributed by atoms with Crippen LogP contribution >= 0.6 is 0 Å². The second-order valence-electron chi connectivity index (χ2n) is 6.94. The highest BCUT2D eigenvalue weighted by Crippen LogP contribution is 2.31. The molecule has 0 amide bonds. The Hall–Kier alpha value is -1.31. The van der Waals surface area contributed by atoms with Gasteiger partial charge >= 0.3 is 0 Å². The van der Waals surface area contributed by atoms with Crippen molar-refractivity contribution in [2.75, 3.05) is 33.9 Å². The number of nitrogens with zero attached hydrogens (tertiary/aromatic N) is 2. The first-order chi connectivity index (χ1) is 12.0. The van der Waals surface area contributed by atoms with Gasteiger partial charge in [-0.05, 0) is 19.8 Å².